The minimum absolute atomic E-state index is 0.248. The second kappa shape index (κ2) is 9.90. The molecule has 0 saturated heterocycles. The molecule has 0 amide bonds. The van der Waals surface area contributed by atoms with Crippen molar-refractivity contribution >= 4 is 16.7 Å². The van der Waals surface area contributed by atoms with Crippen molar-refractivity contribution in [2.24, 2.45) is 0 Å². The maximum Gasteiger partial charge on any atom is 0.311 e. The first-order valence-electron chi connectivity index (χ1n) is 9.20. The third-order valence-corrected chi connectivity index (χ3v) is 4.24. The number of hydrogen-bond donors (Lipinski definition) is 0. The fourth-order valence-electron chi connectivity index (χ4n) is 2.81. The molecule has 6 heteroatoms. The van der Waals surface area contributed by atoms with Crippen molar-refractivity contribution in [3.63, 3.8) is 0 Å². The molecule has 0 N–H and O–H groups in total. The van der Waals surface area contributed by atoms with Crippen molar-refractivity contribution in [3.05, 3.63) is 18.2 Å². The largest absolute Gasteiger partial charge is 0.497 e. The summed E-state index contributed by atoms with van der Waals surface area (Å²) in [5, 5.41) is 1.43. The van der Waals surface area contributed by atoms with E-state index >= 15 is 0 Å². The topological polar surface area (TPSA) is 63.2 Å². The van der Waals surface area contributed by atoms with Crippen LogP contribution < -0.4 is 23.7 Å². The lowest BCUT2D eigenvalue weighted by Gasteiger charge is -2.20. The summed E-state index contributed by atoms with van der Waals surface area (Å²) < 4.78 is 28.1. The zero-order chi connectivity index (χ0) is 19.8. The lowest BCUT2D eigenvalue weighted by molar-refractivity contribution is -0.134. The second-order valence-electron chi connectivity index (χ2n) is 6.02. The van der Waals surface area contributed by atoms with Crippen molar-refractivity contribution in [2.75, 3.05) is 27.9 Å². The monoisotopic (exact) mass is 376 g/mol. The molecule has 148 valence electrons. The van der Waals surface area contributed by atoms with Gasteiger partial charge in [0.15, 0.2) is 11.5 Å². The summed E-state index contributed by atoms with van der Waals surface area (Å²) >= 11 is 0. The van der Waals surface area contributed by atoms with Crippen LogP contribution in [0, 0.1) is 0 Å². The fraction of sp³-hybridized carbons (Fsp3) is 0.476. The molecular weight excluding hydrogens is 348 g/mol. The molecule has 0 aliphatic heterocycles. The maximum absolute atomic E-state index is 12.0. The molecule has 0 saturated carbocycles. The van der Waals surface area contributed by atoms with Crippen LogP contribution in [0.2, 0.25) is 0 Å². The molecule has 2 aromatic carbocycles. The van der Waals surface area contributed by atoms with E-state index in [2.05, 4.69) is 6.92 Å². The Labute approximate surface area is 160 Å². The van der Waals surface area contributed by atoms with Crippen molar-refractivity contribution in [2.45, 2.75) is 39.5 Å². The van der Waals surface area contributed by atoms with E-state index < -0.39 is 0 Å². The van der Waals surface area contributed by atoms with Gasteiger partial charge in [-0.2, -0.15) is 0 Å². The number of rotatable bonds is 10. The van der Waals surface area contributed by atoms with Crippen molar-refractivity contribution in [1.29, 1.82) is 0 Å². The quantitative estimate of drug-likeness (QED) is 0.339. The number of hydrogen-bond acceptors (Lipinski definition) is 6. The number of fused-ring (bicyclic) bond motifs is 1. The number of ether oxygens (including phenoxy) is 5. The third kappa shape index (κ3) is 4.56. The highest BCUT2D eigenvalue weighted by Gasteiger charge is 2.25. The maximum atomic E-state index is 12.0. The van der Waals surface area contributed by atoms with Gasteiger partial charge >= 0.3 is 5.97 Å². The second-order valence-corrected chi connectivity index (χ2v) is 6.02. The summed E-state index contributed by atoms with van der Waals surface area (Å²) in [7, 11) is 4.65. The zero-order valence-corrected chi connectivity index (χ0v) is 16.7. The Balaban J connectivity index is 2.69. The smallest absolute Gasteiger partial charge is 0.311 e. The van der Waals surface area contributed by atoms with E-state index in [1.165, 1.54) is 14.2 Å². The molecule has 0 radical (unpaired) electrons. The summed E-state index contributed by atoms with van der Waals surface area (Å²) in [5.41, 5.74) is 0. The van der Waals surface area contributed by atoms with Gasteiger partial charge in [0.1, 0.15) is 5.75 Å². The van der Waals surface area contributed by atoms with Crippen molar-refractivity contribution in [3.8, 4) is 28.7 Å². The summed E-state index contributed by atoms with van der Waals surface area (Å²) in [4.78, 5) is 12.0. The lowest BCUT2D eigenvalue weighted by atomic mass is 10.1. The van der Waals surface area contributed by atoms with E-state index in [1.807, 2.05) is 12.1 Å². The van der Waals surface area contributed by atoms with Crippen LogP contribution in [0.3, 0.4) is 0 Å². The van der Waals surface area contributed by atoms with Gasteiger partial charge in [-0.25, -0.2) is 0 Å². The molecule has 0 aromatic heterocycles. The molecule has 0 unspecified atom stereocenters. The van der Waals surface area contributed by atoms with E-state index in [9.17, 15) is 4.79 Å². The zero-order valence-electron chi connectivity index (χ0n) is 16.7. The van der Waals surface area contributed by atoms with Gasteiger partial charge in [-0.15, -0.1) is 0 Å². The van der Waals surface area contributed by atoms with Gasteiger partial charge in [-0.3, -0.25) is 4.79 Å². The summed E-state index contributed by atoms with van der Waals surface area (Å²) in [6, 6.07) is 5.47. The fourth-order valence-corrected chi connectivity index (χ4v) is 2.81. The van der Waals surface area contributed by atoms with E-state index in [-0.39, 0.29) is 12.4 Å². The molecule has 0 atom stereocenters. The third-order valence-electron chi connectivity index (χ3n) is 4.24. The Bertz CT molecular complexity index is 784. The van der Waals surface area contributed by atoms with Crippen molar-refractivity contribution in [1.82, 2.24) is 0 Å². The first kappa shape index (κ1) is 20.7. The molecule has 0 bridgehead atoms. The average Bonchev–Trinajstić information content (AvgIpc) is 2.70. The van der Waals surface area contributed by atoms with Crippen LogP contribution in [-0.4, -0.2) is 33.9 Å². The highest BCUT2D eigenvalue weighted by molar-refractivity contribution is 6.00. The molecule has 0 aliphatic carbocycles. The van der Waals surface area contributed by atoms with Gasteiger partial charge in [0.2, 0.25) is 11.5 Å². The average molecular weight is 376 g/mol. The van der Waals surface area contributed by atoms with Crippen LogP contribution in [0.15, 0.2) is 18.2 Å². The Kier molecular flexibility index (Phi) is 7.58. The molecule has 0 fully saturated rings. The first-order chi connectivity index (χ1) is 13.1. The standard InChI is InChI=1S/C21H28O6/c1-6-8-9-12-26-18-16-13-14(23-3)10-11-15(16)19(27-17(22)7-2)21(25-5)20(18)24-4/h10-11,13H,6-9,12H2,1-5H3. The minimum atomic E-state index is -0.357. The molecule has 0 aliphatic rings. The van der Waals surface area contributed by atoms with Crippen LogP contribution in [0.1, 0.15) is 39.5 Å². The summed E-state index contributed by atoms with van der Waals surface area (Å²) in [6.07, 6.45) is 3.36. The lowest BCUT2D eigenvalue weighted by Crippen LogP contribution is -2.09. The summed E-state index contributed by atoms with van der Waals surface area (Å²) in [6.45, 7) is 4.43. The van der Waals surface area contributed by atoms with Crippen LogP contribution in [0.25, 0.3) is 10.8 Å². The van der Waals surface area contributed by atoms with E-state index in [0.717, 1.165) is 24.6 Å². The Morgan fingerprint density at radius 1 is 0.852 bits per heavy atom. The van der Waals surface area contributed by atoms with Gasteiger partial charge in [-0.05, 0) is 24.6 Å². The Morgan fingerprint density at radius 2 is 1.56 bits per heavy atom. The predicted molar refractivity (Wildman–Crippen MR) is 105 cm³/mol. The predicted octanol–water partition coefficient (Wildman–Crippen LogP) is 4.75. The molecule has 0 heterocycles. The van der Waals surface area contributed by atoms with E-state index in [0.29, 0.717) is 40.7 Å². The summed E-state index contributed by atoms with van der Waals surface area (Å²) in [5.74, 6) is 1.91. The number of methoxy groups -OCH3 is 3. The molecule has 2 aromatic rings. The van der Waals surface area contributed by atoms with Crippen LogP contribution in [0.5, 0.6) is 28.7 Å². The Morgan fingerprint density at radius 3 is 2.15 bits per heavy atom. The highest BCUT2D eigenvalue weighted by Crippen LogP contribution is 2.51. The minimum Gasteiger partial charge on any atom is -0.497 e. The van der Waals surface area contributed by atoms with Gasteiger partial charge in [-0.1, -0.05) is 26.7 Å². The van der Waals surface area contributed by atoms with Crippen LogP contribution in [-0.2, 0) is 4.79 Å². The van der Waals surface area contributed by atoms with E-state index in [1.54, 1.807) is 20.1 Å². The molecular formula is C21H28O6. The highest BCUT2D eigenvalue weighted by atomic mass is 16.6. The molecule has 0 spiro atoms. The number of esters is 1. The van der Waals surface area contributed by atoms with Gasteiger partial charge in [0.25, 0.3) is 0 Å². The van der Waals surface area contributed by atoms with Gasteiger partial charge in [0, 0.05) is 17.2 Å². The normalized spacial score (nSPS) is 10.6. The first-order valence-corrected chi connectivity index (χ1v) is 9.20. The van der Waals surface area contributed by atoms with Gasteiger partial charge < -0.3 is 23.7 Å². The molecule has 6 nitrogen and oxygen atoms in total. The van der Waals surface area contributed by atoms with E-state index in [4.69, 9.17) is 23.7 Å². The van der Waals surface area contributed by atoms with Gasteiger partial charge in [0.05, 0.1) is 27.9 Å². The number of carbonyl (C=O) groups is 1. The Hall–Kier alpha value is -2.63. The van der Waals surface area contributed by atoms with Crippen LogP contribution >= 0.6 is 0 Å². The number of carbonyl (C=O) groups excluding carboxylic acids is 1. The SMILES string of the molecule is CCCCCOc1c(OC)c(OC)c(OC(=O)CC)c2ccc(OC)cc12. The number of unbranched alkanes of at least 4 members (excludes halogenated alkanes) is 2. The number of benzene rings is 2. The van der Waals surface area contributed by atoms with Crippen LogP contribution in [0.4, 0.5) is 0 Å². The molecule has 27 heavy (non-hydrogen) atoms. The van der Waals surface area contributed by atoms with Crippen molar-refractivity contribution < 1.29 is 28.5 Å². The molecule has 2 rings (SSSR count).